The normalized spacial score (nSPS) is 15.8. The van der Waals surface area contributed by atoms with E-state index in [2.05, 4.69) is 21.8 Å². The van der Waals surface area contributed by atoms with Crippen LogP contribution in [0.4, 0.5) is 0 Å². The van der Waals surface area contributed by atoms with Crippen molar-refractivity contribution in [2.24, 2.45) is 0 Å². The van der Waals surface area contributed by atoms with Gasteiger partial charge in [0.1, 0.15) is 0 Å². The standard InChI is InChI=1S/C13H15N3O2/c1-2-16-6-5-9-8(7-16)3-4-10-11(9)15-13(18)12(17)14-10/h3-4H,2,5-7H2,1H3,(H,14,17)(H,15,18). The van der Waals surface area contributed by atoms with E-state index in [4.69, 9.17) is 0 Å². The molecule has 1 aromatic heterocycles. The van der Waals surface area contributed by atoms with E-state index in [0.717, 1.165) is 37.1 Å². The lowest BCUT2D eigenvalue weighted by Crippen LogP contribution is -2.32. The van der Waals surface area contributed by atoms with Gasteiger partial charge in [0.05, 0.1) is 11.0 Å². The number of H-pyrrole nitrogens is 2. The third-order valence-electron chi connectivity index (χ3n) is 3.62. The molecule has 0 spiro atoms. The maximum absolute atomic E-state index is 11.4. The van der Waals surface area contributed by atoms with Gasteiger partial charge in [-0.1, -0.05) is 13.0 Å². The van der Waals surface area contributed by atoms with Crippen LogP contribution in [-0.4, -0.2) is 28.0 Å². The van der Waals surface area contributed by atoms with E-state index in [9.17, 15) is 9.59 Å². The number of hydrogen-bond acceptors (Lipinski definition) is 3. The van der Waals surface area contributed by atoms with Gasteiger partial charge in [-0.2, -0.15) is 0 Å². The van der Waals surface area contributed by atoms with Crippen molar-refractivity contribution in [3.63, 3.8) is 0 Å². The van der Waals surface area contributed by atoms with Crippen LogP contribution in [0.15, 0.2) is 21.7 Å². The summed E-state index contributed by atoms with van der Waals surface area (Å²) in [6, 6.07) is 3.90. The van der Waals surface area contributed by atoms with Crippen LogP contribution in [0.3, 0.4) is 0 Å². The minimum Gasteiger partial charge on any atom is -0.316 e. The molecule has 3 rings (SSSR count). The first-order valence-corrected chi connectivity index (χ1v) is 6.18. The number of fused-ring (bicyclic) bond motifs is 3. The molecule has 18 heavy (non-hydrogen) atoms. The molecule has 1 aliphatic heterocycles. The van der Waals surface area contributed by atoms with Crippen LogP contribution in [0.2, 0.25) is 0 Å². The first-order chi connectivity index (χ1) is 8.69. The zero-order chi connectivity index (χ0) is 12.7. The van der Waals surface area contributed by atoms with Gasteiger partial charge in [0.2, 0.25) is 0 Å². The van der Waals surface area contributed by atoms with Crippen LogP contribution in [0, 0.1) is 0 Å². The van der Waals surface area contributed by atoms with Gasteiger partial charge in [-0.05, 0) is 30.2 Å². The molecule has 2 N–H and O–H groups in total. The molecule has 5 nitrogen and oxygen atoms in total. The molecule has 5 heteroatoms. The highest BCUT2D eigenvalue weighted by atomic mass is 16.2. The molecule has 94 valence electrons. The fraction of sp³-hybridized carbons (Fsp3) is 0.385. The van der Waals surface area contributed by atoms with Gasteiger partial charge >= 0.3 is 11.1 Å². The fourth-order valence-electron chi connectivity index (χ4n) is 2.58. The minimum atomic E-state index is -0.589. The van der Waals surface area contributed by atoms with Gasteiger partial charge in [-0.3, -0.25) is 14.5 Å². The summed E-state index contributed by atoms with van der Waals surface area (Å²) in [5, 5.41) is 0. The highest BCUT2D eigenvalue weighted by Crippen LogP contribution is 2.24. The van der Waals surface area contributed by atoms with E-state index >= 15 is 0 Å². The van der Waals surface area contributed by atoms with Crippen LogP contribution >= 0.6 is 0 Å². The SMILES string of the molecule is CCN1CCc2c(ccc3[nH]c(=O)c(=O)[nH]c23)C1. The second kappa shape index (κ2) is 4.10. The second-order valence-corrected chi connectivity index (χ2v) is 4.65. The zero-order valence-corrected chi connectivity index (χ0v) is 10.2. The number of hydrogen-bond donors (Lipinski definition) is 2. The molecule has 2 heterocycles. The molecule has 0 unspecified atom stereocenters. The fourth-order valence-corrected chi connectivity index (χ4v) is 2.58. The van der Waals surface area contributed by atoms with Crippen molar-refractivity contribution in [2.45, 2.75) is 19.9 Å². The summed E-state index contributed by atoms with van der Waals surface area (Å²) in [6.45, 7) is 5.07. The van der Waals surface area contributed by atoms with Crippen molar-refractivity contribution in [1.82, 2.24) is 14.9 Å². The monoisotopic (exact) mass is 245 g/mol. The number of rotatable bonds is 1. The van der Waals surface area contributed by atoms with E-state index in [1.165, 1.54) is 5.56 Å². The summed E-state index contributed by atoms with van der Waals surface area (Å²) in [5.74, 6) is 0. The molecule has 0 amide bonds. The highest BCUT2D eigenvalue weighted by Gasteiger charge is 2.17. The first-order valence-electron chi connectivity index (χ1n) is 6.18. The Bertz CT molecular complexity index is 714. The number of nitrogens with zero attached hydrogens (tertiary/aromatic N) is 1. The van der Waals surface area contributed by atoms with Gasteiger partial charge in [0.15, 0.2) is 0 Å². The van der Waals surface area contributed by atoms with Gasteiger partial charge < -0.3 is 9.97 Å². The molecular formula is C13H15N3O2. The third-order valence-corrected chi connectivity index (χ3v) is 3.62. The largest absolute Gasteiger partial charge is 0.316 e. The Kier molecular flexibility index (Phi) is 2.56. The molecule has 0 saturated carbocycles. The van der Waals surface area contributed by atoms with Crippen molar-refractivity contribution in [2.75, 3.05) is 13.1 Å². The predicted octanol–water partition coefficient (Wildman–Crippen LogP) is 0.594. The summed E-state index contributed by atoms with van der Waals surface area (Å²) in [5.41, 5.74) is 2.72. The van der Waals surface area contributed by atoms with Crippen LogP contribution in [0.1, 0.15) is 18.1 Å². The van der Waals surface area contributed by atoms with Crippen LogP contribution in [0.25, 0.3) is 11.0 Å². The van der Waals surface area contributed by atoms with Gasteiger partial charge in [0.25, 0.3) is 0 Å². The quantitative estimate of drug-likeness (QED) is 0.723. The molecule has 0 aliphatic carbocycles. The van der Waals surface area contributed by atoms with E-state index in [-0.39, 0.29) is 0 Å². The molecule has 0 atom stereocenters. The average Bonchev–Trinajstić information content (AvgIpc) is 2.39. The van der Waals surface area contributed by atoms with Crippen molar-refractivity contribution in [3.05, 3.63) is 44.0 Å². The summed E-state index contributed by atoms with van der Waals surface area (Å²) in [7, 11) is 0. The van der Waals surface area contributed by atoms with Crippen LogP contribution < -0.4 is 11.1 Å². The van der Waals surface area contributed by atoms with Gasteiger partial charge in [0, 0.05) is 13.1 Å². The Morgan fingerprint density at radius 2 is 2.00 bits per heavy atom. The molecule has 0 saturated heterocycles. The van der Waals surface area contributed by atoms with Crippen molar-refractivity contribution >= 4 is 11.0 Å². The highest BCUT2D eigenvalue weighted by molar-refractivity contribution is 5.79. The number of aromatic nitrogens is 2. The van der Waals surface area contributed by atoms with E-state index in [0.29, 0.717) is 5.52 Å². The smallest absolute Gasteiger partial charge is 0.314 e. The lowest BCUT2D eigenvalue weighted by molar-refractivity contribution is 0.269. The van der Waals surface area contributed by atoms with Crippen molar-refractivity contribution in [1.29, 1.82) is 0 Å². The van der Waals surface area contributed by atoms with E-state index in [1.54, 1.807) is 0 Å². The molecule has 0 bridgehead atoms. The summed E-state index contributed by atoms with van der Waals surface area (Å²) in [6.07, 6.45) is 0.905. The maximum atomic E-state index is 11.4. The first kappa shape index (κ1) is 11.2. The van der Waals surface area contributed by atoms with E-state index in [1.807, 2.05) is 12.1 Å². The number of benzene rings is 1. The maximum Gasteiger partial charge on any atom is 0.314 e. The minimum absolute atomic E-state index is 0.575. The summed E-state index contributed by atoms with van der Waals surface area (Å²) in [4.78, 5) is 30.4. The molecule has 0 radical (unpaired) electrons. The lowest BCUT2D eigenvalue weighted by Gasteiger charge is -2.28. The number of likely N-dealkylation sites (N-methyl/N-ethyl adjacent to an activating group) is 1. The Hall–Kier alpha value is -1.88. The number of nitrogens with one attached hydrogen (secondary N) is 2. The zero-order valence-electron chi connectivity index (χ0n) is 10.2. The molecule has 1 aromatic carbocycles. The van der Waals surface area contributed by atoms with Crippen molar-refractivity contribution < 1.29 is 0 Å². The topological polar surface area (TPSA) is 69.0 Å². The molecule has 0 fully saturated rings. The Morgan fingerprint density at radius 3 is 2.78 bits per heavy atom. The molecular weight excluding hydrogens is 230 g/mol. The summed E-state index contributed by atoms with van der Waals surface area (Å²) < 4.78 is 0. The van der Waals surface area contributed by atoms with Gasteiger partial charge in [-0.25, -0.2) is 0 Å². The Balaban J connectivity index is 2.24. The average molecular weight is 245 g/mol. The Labute approximate surface area is 103 Å². The van der Waals surface area contributed by atoms with Crippen LogP contribution in [-0.2, 0) is 13.0 Å². The predicted molar refractivity (Wildman–Crippen MR) is 69.8 cm³/mol. The Morgan fingerprint density at radius 1 is 1.22 bits per heavy atom. The number of aromatic amines is 2. The van der Waals surface area contributed by atoms with Crippen LogP contribution in [0.5, 0.6) is 0 Å². The lowest BCUT2D eigenvalue weighted by atomic mass is 9.98. The van der Waals surface area contributed by atoms with Crippen molar-refractivity contribution in [3.8, 4) is 0 Å². The second-order valence-electron chi connectivity index (χ2n) is 4.65. The molecule has 2 aromatic rings. The van der Waals surface area contributed by atoms with Gasteiger partial charge in [-0.15, -0.1) is 0 Å². The molecule has 1 aliphatic rings. The summed E-state index contributed by atoms with van der Waals surface area (Å²) >= 11 is 0. The van der Waals surface area contributed by atoms with E-state index < -0.39 is 11.1 Å². The third kappa shape index (κ3) is 1.67.